The molecule has 0 saturated carbocycles. The Morgan fingerprint density at radius 1 is 1.45 bits per heavy atom. The summed E-state index contributed by atoms with van der Waals surface area (Å²) in [6, 6.07) is 5.88. The Labute approximate surface area is 65.4 Å². The third-order valence-electron chi connectivity index (χ3n) is 1.58. The predicted molar refractivity (Wildman–Crippen MR) is 43.9 cm³/mol. The first-order chi connectivity index (χ1) is 5.47. The molecule has 0 bridgehead atoms. The number of rotatable bonds is 1. The molecular weight excluding hydrogens is 138 g/mol. The van der Waals surface area contributed by atoms with Crippen molar-refractivity contribution in [2.75, 3.05) is 11.6 Å². The molecular formula is C8H9N3. The molecule has 0 saturated heterocycles. The SMILES string of the molecule is C1=CN(c2ccccn2)CN1. The molecule has 2 rings (SSSR count). The van der Waals surface area contributed by atoms with E-state index in [1.54, 1.807) is 6.20 Å². The molecule has 3 nitrogen and oxygen atoms in total. The van der Waals surface area contributed by atoms with Crippen LogP contribution in [0.1, 0.15) is 0 Å². The summed E-state index contributed by atoms with van der Waals surface area (Å²) in [4.78, 5) is 6.24. The van der Waals surface area contributed by atoms with E-state index in [0.29, 0.717) is 0 Å². The second-order valence-corrected chi connectivity index (χ2v) is 2.34. The first-order valence-corrected chi connectivity index (χ1v) is 3.54. The molecule has 0 aliphatic carbocycles. The molecule has 0 spiro atoms. The van der Waals surface area contributed by atoms with Crippen LogP contribution in [-0.2, 0) is 0 Å². The van der Waals surface area contributed by atoms with E-state index in [0.717, 1.165) is 12.5 Å². The van der Waals surface area contributed by atoms with Gasteiger partial charge in [0.15, 0.2) is 0 Å². The average molecular weight is 147 g/mol. The van der Waals surface area contributed by atoms with Crippen LogP contribution >= 0.6 is 0 Å². The van der Waals surface area contributed by atoms with Crippen molar-refractivity contribution < 1.29 is 0 Å². The number of aromatic nitrogens is 1. The van der Waals surface area contributed by atoms with Crippen LogP contribution < -0.4 is 10.2 Å². The van der Waals surface area contributed by atoms with Crippen molar-refractivity contribution in [3.8, 4) is 0 Å². The summed E-state index contributed by atoms with van der Waals surface area (Å²) < 4.78 is 0. The van der Waals surface area contributed by atoms with Gasteiger partial charge in [-0.05, 0) is 12.1 Å². The third-order valence-corrected chi connectivity index (χ3v) is 1.58. The van der Waals surface area contributed by atoms with Crippen molar-refractivity contribution in [3.63, 3.8) is 0 Å². The fraction of sp³-hybridized carbons (Fsp3) is 0.125. The molecule has 0 amide bonds. The lowest BCUT2D eigenvalue weighted by atomic mass is 10.4. The molecule has 0 unspecified atom stereocenters. The topological polar surface area (TPSA) is 28.2 Å². The Balaban J connectivity index is 2.23. The van der Waals surface area contributed by atoms with Crippen LogP contribution in [0, 0.1) is 0 Å². The van der Waals surface area contributed by atoms with Gasteiger partial charge in [-0.15, -0.1) is 0 Å². The Hall–Kier alpha value is -1.51. The van der Waals surface area contributed by atoms with Crippen molar-refractivity contribution >= 4 is 5.82 Å². The van der Waals surface area contributed by atoms with Gasteiger partial charge in [0.1, 0.15) is 5.82 Å². The molecule has 1 aliphatic rings. The van der Waals surface area contributed by atoms with Crippen LogP contribution in [0.4, 0.5) is 5.82 Å². The molecule has 1 N–H and O–H groups in total. The maximum atomic E-state index is 4.20. The van der Waals surface area contributed by atoms with Crippen LogP contribution in [0.3, 0.4) is 0 Å². The zero-order valence-electron chi connectivity index (χ0n) is 6.07. The summed E-state index contributed by atoms with van der Waals surface area (Å²) in [5.41, 5.74) is 0. The zero-order valence-corrected chi connectivity index (χ0v) is 6.07. The molecule has 56 valence electrons. The lowest BCUT2D eigenvalue weighted by Gasteiger charge is -2.12. The smallest absolute Gasteiger partial charge is 0.133 e. The molecule has 1 aliphatic heterocycles. The van der Waals surface area contributed by atoms with Gasteiger partial charge in [0.2, 0.25) is 0 Å². The summed E-state index contributed by atoms with van der Waals surface area (Å²) >= 11 is 0. The quantitative estimate of drug-likeness (QED) is 0.640. The normalized spacial score (nSPS) is 15.1. The van der Waals surface area contributed by atoms with Crippen LogP contribution in [0.25, 0.3) is 0 Å². The molecule has 11 heavy (non-hydrogen) atoms. The highest BCUT2D eigenvalue weighted by Gasteiger charge is 2.05. The van der Waals surface area contributed by atoms with E-state index < -0.39 is 0 Å². The van der Waals surface area contributed by atoms with Crippen molar-refractivity contribution in [1.82, 2.24) is 10.3 Å². The van der Waals surface area contributed by atoms with Gasteiger partial charge in [0.05, 0.1) is 6.67 Å². The van der Waals surface area contributed by atoms with Crippen LogP contribution in [0.2, 0.25) is 0 Å². The highest BCUT2D eigenvalue weighted by molar-refractivity contribution is 5.42. The molecule has 2 heterocycles. The van der Waals surface area contributed by atoms with E-state index in [2.05, 4.69) is 10.3 Å². The van der Waals surface area contributed by atoms with Crippen LogP contribution in [0.15, 0.2) is 36.8 Å². The van der Waals surface area contributed by atoms with Gasteiger partial charge < -0.3 is 10.2 Å². The molecule has 0 fully saturated rings. The lowest BCUT2D eigenvalue weighted by molar-refractivity contribution is 0.887. The van der Waals surface area contributed by atoms with Gasteiger partial charge in [-0.25, -0.2) is 4.98 Å². The summed E-state index contributed by atoms with van der Waals surface area (Å²) in [6.07, 6.45) is 5.68. The number of hydrogen-bond donors (Lipinski definition) is 1. The van der Waals surface area contributed by atoms with Gasteiger partial charge in [0, 0.05) is 18.6 Å². The first kappa shape index (κ1) is 6.22. The minimum absolute atomic E-state index is 0.816. The molecule has 1 aromatic heterocycles. The Morgan fingerprint density at radius 2 is 2.45 bits per heavy atom. The van der Waals surface area contributed by atoms with Crippen LogP contribution in [-0.4, -0.2) is 11.7 Å². The second-order valence-electron chi connectivity index (χ2n) is 2.34. The fourth-order valence-electron chi connectivity index (χ4n) is 1.03. The van der Waals surface area contributed by atoms with Crippen molar-refractivity contribution in [1.29, 1.82) is 0 Å². The van der Waals surface area contributed by atoms with Crippen molar-refractivity contribution in [3.05, 3.63) is 36.8 Å². The Morgan fingerprint density at radius 3 is 3.09 bits per heavy atom. The number of pyridine rings is 1. The highest BCUT2D eigenvalue weighted by Crippen LogP contribution is 2.09. The maximum absolute atomic E-state index is 4.20. The predicted octanol–water partition coefficient (Wildman–Crippen LogP) is 0.920. The molecule has 0 aromatic carbocycles. The summed E-state index contributed by atoms with van der Waals surface area (Å²) in [6.45, 7) is 0.816. The van der Waals surface area contributed by atoms with E-state index in [4.69, 9.17) is 0 Å². The number of hydrogen-bond acceptors (Lipinski definition) is 3. The molecule has 0 atom stereocenters. The van der Waals surface area contributed by atoms with Gasteiger partial charge in [0.25, 0.3) is 0 Å². The molecule has 0 radical (unpaired) electrons. The summed E-state index contributed by atoms with van der Waals surface area (Å²) in [5, 5.41) is 3.08. The van der Waals surface area contributed by atoms with Crippen molar-refractivity contribution in [2.45, 2.75) is 0 Å². The molecule has 1 aromatic rings. The fourth-order valence-corrected chi connectivity index (χ4v) is 1.03. The third kappa shape index (κ3) is 1.17. The van der Waals surface area contributed by atoms with Gasteiger partial charge in [-0.2, -0.15) is 0 Å². The van der Waals surface area contributed by atoms with Gasteiger partial charge in [-0.3, -0.25) is 0 Å². The van der Waals surface area contributed by atoms with E-state index in [1.165, 1.54) is 0 Å². The second kappa shape index (κ2) is 2.62. The standard InChI is InChI=1S/C8H9N3/c1-2-4-10-8(3-1)11-6-5-9-7-11/h1-6,9H,7H2. The minimum Gasteiger partial charge on any atom is -0.372 e. The Bertz CT molecular complexity index is 255. The van der Waals surface area contributed by atoms with E-state index in [1.807, 2.05) is 35.5 Å². The summed E-state index contributed by atoms with van der Waals surface area (Å²) in [5.74, 6) is 0.980. The van der Waals surface area contributed by atoms with Crippen molar-refractivity contribution in [2.24, 2.45) is 0 Å². The monoisotopic (exact) mass is 147 g/mol. The lowest BCUT2D eigenvalue weighted by Crippen LogP contribution is -2.20. The zero-order chi connectivity index (χ0) is 7.52. The highest BCUT2D eigenvalue weighted by atomic mass is 15.3. The van der Waals surface area contributed by atoms with Crippen LogP contribution in [0.5, 0.6) is 0 Å². The maximum Gasteiger partial charge on any atom is 0.133 e. The number of anilines is 1. The average Bonchev–Trinajstić information content (AvgIpc) is 2.58. The van der Waals surface area contributed by atoms with E-state index in [-0.39, 0.29) is 0 Å². The Kier molecular flexibility index (Phi) is 1.48. The first-order valence-electron chi connectivity index (χ1n) is 3.54. The van der Waals surface area contributed by atoms with Gasteiger partial charge in [-0.1, -0.05) is 6.07 Å². The largest absolute Gasteiger partial charge is 0.372 e. The van der Waals surface area contributed by atoms with Gasteiger partial charge >= 0.3 is 0 Å². The molecule has 3 heteroatoms. The van der Waals surface area contributed by atoms with E-state index in [9.17, 15) is 0 Å². The van der Waals surface area contributed by atoms with E-state index >= 15 is 0 Å². The number of nitrogens with one attached hydrogen (secondary N) is 1. The minimum atomic E-state index is 0.816. The summed E-state index contributed by atoms with van der Waals surface area (Å²) in [7, 11) is 0. The number of nitrogens with zero attached hydrogens (tertiary/aromatic N) is 2.